The van der Waals surface area contributed by atoms with Gasteiger partial charge in [-0.3, -0.25) is 14.8 Å². The number of fused-ring (bicyclic) bond motifs is 1. The maximum absolute atomic E-state index is 12.4. The molecular weight excluding hydrogens is 430 g/mol. The number of aromatic hydroxyl groups is 1. The molecule has 1 amide bonds. The van der Waals surface area contributed by atoms with Gasteiger partial charge in [0.05, 0.1) is 27.7 Å². The van der Waals surface area contributed by atoms with Crippen LogP contribution >= 0.6 is 11.3 Å². The molecule has 4 heterocycles. The van der Waals surface area contributed by atoms with Crippen LogP contribution in [0.5, 0.6) is 5.88 Å². The van der Waals surface area contributed by atoms with Gasteiger partial charge in [-0.1, -0.05) is 0 Å². The molecular formula is C21H21N7O3S. The Morgan fingerprint density at radius 3 is 2.88 bits per heavy atom. The summed E-state index contributed by atoms with van der Waals surface area (Å²) in [7, 11) is 0. The van der Waals surface area contributed by atoms with Crippen molar-refractivity contribution in [3.8, 4) is 16.5 Å². The minimum atomic E-state index is -0.505. The molecule has 0 spiro atoms. The Bertz CT molecular complexity index is 1500. The number of carbonyl (C=O) groups excluding carboxylic acids is 1. The smallest absolute Gasteiger partial charge is 0.326 e. The normalized spacial score (nSPS) is 15.2. The Balaban J connectivity index is 1.66. The molecule has 4 aromatic heterocycles. The summed E-state index contributed by atoms with van der Waals surface area (Å²) >= 11 is 1.36. The van der Waals surface area contributed by atoms with E-state index in [-0.39, 0.29) is 29.6 Å². The van der Waals surface area contributed by atoms with E-state index in [1.54, 1.807) is 22.9 Å². The standard InChI is InChI=1S/C21H21N7O3S/c1-10(2)23-20(30)16-6-5-15(32-16)13-8-17(24-12-3-4-12)28-18(25-13)11(9-22-28)7-14-19(29)27-21(31)26-14/h5-10,12,29H,3-4H2,1-2H3,(H,23,30)(H2,26,27,31). The Morgan fingerprint density at radius 2 is 2.19 bits per heavy atom. The summed E-state index contributed by atoms with van der Waals surface area (Å²) in [5, 5.41) is 17.8. The number of aromatic amines is 2. The fourth-order valence-corrected chi connectivity index (χ4v) is 4.12. The van der Waals surface area contributed by atoms with Crippen molar-refractivity contribution in [1.29, 1.82) is 0 Å². The fraction of sp³-hybridized carbons (Fsp3) is 0.286. The van der Waals surface area contributed by atoms with Crippen molar-refractivity contribution in [2.24, 2.45) is 4.99 Å². The van der Waals surface area contributed by atoms with Gasteiger partial charge in [-0.05, 0) is 44.9 Å². The molecule has 0 radical (unpaired) electrons. The van der Waals surface area contributed by atoms with Crippen LogP contribution in [0, 0.1) is 0 Å². The van der Waals surface area contributed by atoms with E-state index in [0.29, 0.717) is 26.9 Å². The summed E-state index contributed by atoms with van der Waals surface area (Å²) in [4.78, 5) is 39.6. The van der Waals surface area contributed by atoms with Gasteiger partial charge in [0.15, 0.2) is 11.1 Å². The van der Waals surface area contributed by atoms with Gasteiger partial charge in [0.25, 0.3) is 5.91 Å². The molecule has 1 fully saturated rings. The molecule has 10 nitrogen and oxygen atoms in total. The highest BCUT2D eigenvalue weighted by molar-refractivity contribution is 7.17. The molecule has 1 aliphatic carbocycles. The summed E-state index contributed by atoms with van der Waals surface area (Å²) < 4.78 is 1.65. The highest BCUT2D eigenvalue weighted by atomic mass is 32.1. The molecule has 1 saturated carbocycles. The largest absolute Gasteiger partial charge is 0.493 e. The second kappa shape index (κ2) is 7.75. The molecule has 1 aliphatic rings. The first-order chi connectivity index (χ1) is 15.4. The van der Waals surface area contributed by atoms with Crippen LogP contribution in [0.4, 0.5) is 0 Å². The zero-order chi connectivity index (χ0) is 22.4. The van der Waals surface area contributed by atoms with E-state index >= 15 is 0 Å². The number of imidazole rings is 1. The predicted molar refractivity (Wildman–Crippen MR) is 119 cm³/mol. The second-order valence-corrected chi connectivity index (χ2v) is 9.06. The quantitative estimate of drug-likeness (QED) is 0.357. The Kier molecular flexibility index (Phi) is 4.89. The van der Waals surface area contributed by atoms with Crippen molar-refractivity contribution in [2.45, 2.75) is 38.8 Å². The maximum Gasteiger partial charge on any atom is 0.326 e. The molecule has 5 rings (SSSR count). The zero-order valence-electron chi connectivity index (χ0n) is 17.4. The predicted octanol–water partition coefficient (Wildman–Crippen LogP) is 0.929. The number of nitrogens with one attached hydrogen (secondary N) is 3. The van der Waals surface area contributed by atoms with Gasteiger partial charge < -0.3 is 15.4 Å². The average Bonchev–Trinajstić information content (AvgIpc) is 3.12. The van der Waals surface area contributed by atoms with Crippen molar-refractivity contribution < 1.29 is 9.90 Å². The molecule has 4 N–H and O–H groups in total. The van der Waals surface area contributed by atoms with Gasteiger partial charge in [0.2, 0.25) is 5.88 Å². The van der Waals surface area contributed by atoms with Gasteiger partial charge in [0, 0.05) is 17.3 Å². The van der Waals surface area contributed by atoms with Crippen LogP contribution in [-0.4, -0.2) is 47.7 Å². The number of amides is 1. The Labute approximate surface area is 185 Å². The summed E-state index contributed by atoms with van der Waals surface area (Å²) in [6, 6.07) is 5.84. The lowest BCUT2D eigenvalue weighted by Gasteiger charge is -2.05. The van der Waals surface area contributed by atoms with E-state index in [4.69, 9.17) is 9.98 Å². The van der Waals surface area contributed by atoms with Crippen LogP contribution in [0.2, 0.25) is 0 Å². The third-order valence-corrected chi connectivity index (χ3v) is 5.99. The van der Waals surface area contributed by atoms with Crippen LogP contribution in [0.25, 0.3) is 22.3 Å². The van der Waals surface area contributed by atoms with E-state index in [9.17, 15) is 14.7 Å². The molecule has 0 bridgehead atoms. The van der Waals surface area contributed by atoms with E-state index in [1.807, 2.05) is 26.0 Å². The van der Waals surface area contributed by atoms with Crippen LogP contribution in [-0.2, 0) is 0 Å². The average molecular weight is 452 g/mol. The topological polar surface area (TPSA) is 141 Å². The van der Waals surface area contributed by atoms with Crippen molar-refractivity contribution in [3.05, 3.63) is 56.2 Å². The van der Waals surface area contributed by atoms with Crippen molar-refractivity contribution in [2.75, 3.05) is 0 Å². The van der Waals surface area contributed by atoms with Crippen LogP contribution in [0.1, 0.15) is 42.1 Å². The summed E-state index contributed by atoms with van der Waals surface area (Å²) in [5.74, 6) is -0.377. The lowest BCUT2D eigenvalue weighted by molar-refractivity contribution is 0.0947. The van der Waals surface area contributed by atoms with Gasteiger partial charge >= 0.3 is 5.69 Å². The number of nitrogens with zero attached hydrogens (tertiary/aromatic N) is 4. The highest BCUT2D eigenvalue weighted by Crippen LogP contribution is 2.27. The van der Waals surface area contributed by atoms with Gasteiger partial charge in [-0.25, -0.2) is 9.78 Å². The molecule has 0 atom stereocenters. The maximum atomic E-state index is 12.4. The number of aromatic nitrogens is 5. The van der Waals surface area contributed by atoms with Crippen molar-refractivity contribution >= 4 is 29.0 Å². The van der Waals surface area contributed by atoms with Gasteiger partial charge in [0.1, 0.15) is 5.69 Å². The fourth-order valence-electron chi connectivity index (χ4n) is 3.25. The number of carbonyl (C=O) groups is 1. The summed E-state index contributed by atoms with van der Waals surface area (Å²) in [6.45, 7) is 3.83. The monoisotopic (exact) mass is 451 g/mol. The number of H-pyrrole nitrogens is 2. The number of rotatable bonds is 5. The Hall–Kier alpha value is -3.73. The number of hydrogen-bond donors (Lipinski definition) is 4. The molecule has 0 aliphatic heterocycles. The highest BCUT2D eigenvalue weighted by Gasteiger charge is 2.21. The van der Waals surface area contributed by atoms with E-state index in [1.165, 1.54) is 11.3 Å². The van der Waals surface area contributed by atoms with E-state index in [2.05, 4.69) is 20.4 Å². The third-order valence-electron chi connectivity index (χ3n) is 4.88. The second-order valence-electron chi connectivity index (χ2n) is 7.97. The minimum absolute atomic E-state index is 0.0487. The molecule has 164 valence electrons. The first-order valence-corrected chi connectivity index (χ1v) is 11.1. The molecule has 0 saturated heterocycles. The van der Waals surface area contributed by atoms with Gasteiger partial charge in [-0.2, -0.15) is 9.61 Å². The van der Waals surface area contributed by atoms with Gasteiger partial charge in [-0.15, -0.1) is 11.3 Å². The Morgan fingerprint density at radius 1 is 1.38 bits per heavy atom. The SMILES string of the molecule is CC(C)NC(=O)c1ccc(-c2cc(=NC3CC3)n3ncc(=Cc4[nH]c(=O)[nH]c4O)c3n2)s1. The first kappa shape index (κ1) is 20.2. The zero-order valence-corrected chi connectivity index (χ0v) is 18.2. The van der Waals surface area contributed by atoms with E-state index < -0.39 is 5.69 Å². The first-order valence-electron chi connectivity index (χ1n) is 10.2. The third kappa shape index (κ3) is 3.94. The molecule has 4 aromatic rings. The molecule has 0 aromatic carbocycles. The minimum Gasteiger partial charge on any atom is -0.493 e. The lowest BCUT2D eigenvalue weighted by atomic mass is 10.3. The number of thiophene rings is 1. The molecule has 32 heavy (non-hydrogen) atoms. The van der Waals surface area contributed by atoms with Crippen LogP contribution in [0.15, 0.2) is 34.2 Å². The van der Waals surface area contributed by atoms with Crippen LogP contribution < -0.4 is 21.7 Å². The van der Waals surface area contributed by atoms with Crippen LogP contribution in [0.3, 0.4) is 0 Å². The molecule has 0 unspecified atom stereocenters. The van der Waals surface area contributed by atoms with Crippen molar-refractivity contribution in [3.63, 3.8) is 0 Å². The number of hydrogen-bond acceptors (Lipinski definition) is 7. The molecule has 11 heteroatoms. The summed E-state index contributed by atoms with van der Waals surface area (Å²) in [6.07, 6.45) is 5.29. The van der Waals surface area contributed by atoms with E-state index in [0.717, 1.165) is 17.7 Å². The van der Waals surface area contributed by atoms with Crippen molar-refractivity contribution in [1.82, 2.24) is 29.9 Å². The summed E-state index contributed by atoms with van der Waals surface area (Å²) in [5.41, 5.74) is 1.61. The lowest BCUT2D eigenvalue weighted by Crippen LogP contribution is -2.29.